The molecule has 2 aromatic rings. The topological polar surface area (TPSA) is 0 Å². The normalized spacial score (nSPS) is 25.0. The number of rotatable bonds is 6. The van der Waals surface area contributed by atoms with Crippen molar-refractivity contribution in [2.75, 3.05) is 0 Å². The zero-order valence-electron chi connectivity index (χ0n) is 25.5. The first kappa shape index (κ1) is 29.1. The van der Waals surface area contributed by atoms with Crippen LogP contribution in [0.4, 0.5) is 0 Å². The van der Waals surface area contributed by atoms with Gasteiger partial charge in [0.1, 0.15) is 0 Å². The molecule has 192 valence electrons. The van der Waals surface area contributed by atoms with Crippen molar-refractivity contribution in [3.05, 3.63) is 97.4 Å². The van der Waals surface area contributed by atoms with E-state index in [2.05, 4.69) is 142 Å². The van der Waals surface area contributed by atoms with Crippen LogP contribution in [0.3, 0.4) is 0 Å². The minimum absolute atomic E-state index is 0.180. The maximum absolute atomic E-state index is 2.64. The molecule has 0 radical (unpaired) electrons. The molecule has 0 bridgehead atoms. The first-order chi connectivity index (χ1) is 17.1. The number of allylic oxidation sites excluding steroid dienone is 8. The fourth-order valence-corrected chi connectivity index (χ4v) is 24.1. The Hall–Kier alpha value is -0.906. The molecule has 0 nitrogen and oxygen atoms in total. The third kappa shape index (κ3) is 4.08. The van der Waals surface area contributed by atoms with E-state index in [1.807, 2.05) is 3.34 Å². The monoisotopic (exact) mass is 550 g/mol. The molecule has 0 amide bonds. The third-order valence-electron chi connectivity index (χ3n) is 11.7. The van der Waals surface area contributed by atoms with Gasteiger partial charge in [-0.1, -0.05) is 0 Å². The third-order valence-corrected chi connectivity index (χ3v) is 27.7. The van der Waals surface area contributed by atoms with Gasteiger partial charge in [-0.05, 0) is 0 Å². The van der Waals surface area contributed by atoms with Crippen LogP contribution in [0.25, 0.3) is 0 Å². The van der Waals surface area contributed by atoms with Crippen molar-refractivity contribution in [3.8, 4) is 0 Å². The molecule has 0 fully saturated rings. The van der Waals surface area contributed by atoms with E-state index in [-0.39, 0.29) is 10.1 Å². The molecule has 2 aliphatic carbocycles. The van der Waals surface area contributed by atoms with Crippen LogP contribution in [0.5, 0.6) is 0 Å². The molecule has 0 spiro atoms. The van der Waals surface area contributed by atoms with E-state index in [9.17, 15) is 0 Å². The minimum atomic E-state index is -1.86. The number of benzene rings is 2. The Morgan fingerprint density at radius 2 is 0.784 bits per heavy atom. The van der Waals surface area contributed by atoms with Crippen molar-refractivity contribution >= 4 is 60.4 Å². The Kier molecular flexibility index (Phi) is 7.81. The van der Waals surface area contributed by atoms with Gasteiger partial charge in [0, 0.05) is 0 Å². The van der Waals surface area contributed by atoms with E-state index in [0.717, 1.165) is 0 Å². The Balaban J connectivity index is 1.90. The Morgan fingerprint density at radius 1 is 0.486 bits per heavy atom. The molecule has 3 heteroatoms. The molecule has 2 atom stereocenters. The van der Waals surface area contributed by atoms with E-state index < -0.39 is 50.0 Å². The molecule has 2 aromatic carbocycles. The van der Waals surface area contributed by atoms with Gasteiger partial charge in [-0.15, -0.1) is 0 Å². The summed E-state index contributed by atoms with van der Waals surface area (Å²) in [6, 6.07) is 23.0. The Morgan fingerprint density at radius 3 is 1.08 bits per heavy atom. The average Bonchev–Trinajstić information content (AvgIpc) is 3.17. The first-order valence-corrected chi connectivity index (χ1v) is 22.2. The van der Waals surface area contributed by atoms with Crippen molar-refractivity contribution in [2.24, 2.45) is 0 Å². The van der Waals surface area contributed by atoms with Crippen LogP contribution in [0, 0.1) is 0 Å². The molecule has 37 heavy (non-hydrogen) atoms. The molecule has 0 aliphatic heterocycles. The van der Waals surface area contributed by atoms with Gasteiger partial charge >= 0.3 is 249 Å². The molecule has 0 N–H and O–H groups in total. The summed E-state index contributed by atoms with van der Waals surface area (Å²) in [4.78, 5) is 0. The van der Waals surface area contributed by atoms with Gasteiger partial charge in [0.25, 0.3) is 0 Å². The van der Waals surface area contributed by atoms with Crippen molar-refractivity contribution in [1.29, 1.82) is 0 Å². The second-order valence-electron chi connectivity index (χ2n) is 13.1. The van der Waals surface area contributed by atoms with E-state index in [1.54, 1.807) is 43.8 Å². The molecule has 0 heterocycles. The maximum atomic E-state index is 2.64. The van der Waals surface area contributed by atoms with Crippen LogP contribution in [0.1, 0.15) is 55.4 Å². The first-order valence-electron chi connectivity index (χ1n) is 14.0. The molecular formula is C34H46CaSi2. The predicted octanol–water partition coefficient (Wildman–Crippen LogP) is 8.69. The standard InChI is InChI=1S/2C17H23Si.Ca/c2*1-13-12-17(4,15(3)14(13)2)18(5,6)16-10-8-7-9-11-16;/h2*7-11H,1-6H3;. The second-order valence-corrected chi connectivity index (χ2v) is 25.5. The quantitative estimate of drug-likeness (QED) is 0.316. The number of hydrogen-bond acceptors (Lipinski definition) is 0. The molecule has 2 aliphatic rings. The van der Waals surface area contributed by atoms with Crippen molar-refractivity contribution in [1.82, 2.24) is 0 Å². The summed E-state index contributed by atoms with van der Waals surface area (Å²) in [5, 5.41) is 3.53. The molecule has 2 unspecified atom stereocenters. The molecule has 0 aromatic heterocycles. The van der Waals surface area contributed by atoms with Crippen molar-refractivity contribution in [3.63, 3.8) is 0 Å². The van der Waals surface area contributed by atoms with Crippen LogP contribution < -0.4 is 10.4 Å². The van der Waals surface area contributed by atoms with Crippen molar-refractivity contribution in [2.45, 2.75) is 91.7 Å². The molecule has 4 rings (SSSR count). The van der Waals surface area contributed by atoms with E-state index in [4.69, 9.17) is 0 Å². The average molecular weight is 551 g/mol. The SMILES string of the molecule is CC1=C(C)C(C)([Si](C)(C)c2ccccc2)[C]([Ca][C]2=C(C)C(C)=C(C)C2(C)[Si](C)(C)c2ccccc2)=C1C. The van der Waals surface area contributed by atoms with Gasteiger partial charge < -0.3 is 0 Å². The fraction of sp³-hybridized carbons (Fsp3) is 0.412. The van der Waals surface area contributed by atoms with Crippen LogP contribution >= 0.6 is 0 Å². The van der Waals surface area contributed by atoms with Crippen LogP contribution in [-0.4, -0.2) is 50.0 Å². The van der Waals surface area contributed by atoms with Crippen molar-refractivity contribution < 1.29 is 0 Å². The van der Waals surface area contributed by atoms with Crippen LogP contribution in [0.2, 0.25) is 36.3 Å². The summed E-state index contributed by atoms with van der Waals surface area (Å²) >= 11 is -1.31. The van der Waals surface area contributed by atoms with Crippen LogP contribution in [0.15, 0.2) is 97.4 Å². The summed E-state index contributed by atoms with van der Waals surface area (Å²) in [6.45, 7) is 30.4. The zero-order chi connectivity index (χ0) is 27.6. The van der Waals surface area contributed by atoms with E-state index >= 15 is 0 Å². The molecular weight excluding hydrogens is 505 g/mol. The summed E-state index contributed by atoms with van der Waals surface area (Å²) < 4.78 is 3.74. The number of hydrogen-bond donors (Lipinski definition) is 0. The summed E-state index contributed by atoms with van der Waals surface area (Å²) in [5.74, 6) is 0. The van der Waals surface area contributed by atoms with E-state index in [1.165, 1.54) is 0 Å². The Labute approximate surface area is 247 Å². The van der Waals surface area contributed by atoms with Gasteiger partial charge in [0.2, 0.25) is 0 Å². The van der Waals surface area contributed by atoms with Gasteiger partial charge in [-0.25, -0.2) is 0 Å². The molecule has 0 saturated heterocycles. The summed E-state index contributed by atoms with van der Waals surface area (Å²) in [5.41, 5.74) is 9.67. The molecule has 0 saturated carbocycles. The van der Waals surface area contributed by atoms with Gasteiger partial charge in [-0.3, -0.25) is 0 Å². The van der Waals surface area contributed by atoms with Gasteiger partial charge in [-0.2, -0.15) is 0 Å². The second kappa shape index (κ2) is 9.93. The van der Waals surface area contributed by atoms with Gasteiger partial charge in [0.05, 0.1) is 0 Å². The fourth-order valence-electron chi connectivity index (χ4n) is 7.74. The zero-order valence-corrected chi connectivity index (χ0v) is 29.7. The summed E-state index contributed by atoms with van der Waals surface area (Å²) in [6.07, 6.45) is 0. The predicted molar refractivity (Wildman–Crippen MR) is 172 cm³/mol. The van der Waals surface area contributed by atoms with E-state index in [0.29, 0.717) is 0 Å². The van der Waals surface area contributed by atoms with Gasteiger partial charge in [0.15, 0.2) is 0 Å². The Bertz CT molecular complexity index is 1250. The summed E-state index contributed by atoms with van der Waals surface area (Å²) in [7, 11) is -3.72. The van der Waals surface area contributed by atoms with Crippen LogP contribution in [-0.2, 0) is 0 Å².